The predicted molar refractivity (Wildman–Crippen MR) is 38.6 cm³/mol. The molecule has 0 radical (unpaired) electrons. The first-order valence-corrected chi connectivity index (χ1v) is 3.03. The summed E-state index contributed by atoms with van der Waals surface area (Å²) in [7, 11) is 0. The number of thiol groups is 1. The molecule has 1 heterocycles. The zero-order valence-corrected chi connectivity index (χ0v) is 6.20. The number of nitrogens with zero attached hydrogens (tertiary/aromatic N) is 1. The van der Waals surface area contributed by atoms with Crippen LogP contribution in [-0.4, -0.2) is 4.98 Å². The van der Waals surface area contributed by atoms with Gasteiger partial charge in [-0.05, 0) is 13.8 Å². The molecule has 1 rings (SSSR count). The first kappa shape index (κ1) is 6.48. The van der Waals surface area contributed by atoms with Crippen molar-refractivity contribution in [3.8, 4) is 0 Å². The quantitative estimate of drug-likeness (QED) is 0.587. The first-order chi connectivity index (χ1) is 4.24. The summed E-state index contributed by atoms with van der Waals surface area (Å²) in [6.45, 7) is 3.74. The third-order valence-corrected chi connectivity index (χ3v) is 1.32. The summed E-state index contributed by atoms with van der Waals surface area (Å²) in [5.41, 5.74) is 0.895. The van der Waals surface area contributed by atoms with Gasteiger partial charge in [0.25, 0.3) is 0 Å². The van der Waals surface area contributed by atoms with E-state index in [4.69, 9.17) is 4.42 Å². The summed E-state index contributed by atoms with van der Waals surface area (Å²) in [6.07, 6.45) is 0. The number of oxazole rings is 1. The molecule has 0 bridgehead atoms. The summed E-state index contributed by atoms with van der Waals surface area (Å²) in [6, 6.07) is 0.452. The van der Waals surface area contributed by atoms with Crippen molar-refractivity contribution in [1.29, 1.82) is 0 Å². The third kappa shape index (κ3) is 1.18. The van der Waals surface area contributed by atoms with E-state index in [2.05, 4.69) is 22.5 Å². The second-order valence-electron chi connectivity index (χ2n) is 1.77. The van der Waals surface area contributed by atoms with E-state index < -0.39 is 0 Å². The molecule has 0 aliphatic heterocycles. The Morgan fingerprint density at radius 3 is 2.44 bits per heavy atom. The van der Waals surface area contributed by atoms with Gasteiger partial charge in [-0.1, -0.05) is 12.8 Å². The Labute approximate surface area is 59.0 Å². The average Bonchev–Trinajstić information content (AvgIpc) is 2.13. The van der Waals surface area contributed by atoms with Gasteiger partial charge in [0.15, 0.2) is 0 Å². The summed E-state index contributed by atoms with van der Waals surface area (Å²) in [5, 5.41) is 0. The maximum absolute atomic E-state index is 5.06. The lowest BCUT2D eigenvalue weighted by Crippen LogP contribution is -1.77. The van der Waals surface area contributed by atoms with Crippen molar-refractivity contribution in [2.45, 2.75) is 13.8 Å². The summed E-state index contributed by atoms with van der Waals surface area (Å²) >= 11 is 3.76. The second-order valence-corrected chi connectivity index (χ2v) is 2.00. The van der Waals surface area contributed by atoms with Crippen LogP contribution in [0.15, 0.2) is 4.42 Å². The molecule has 0 fully saturated rings. The maximum atomic E-state index is 5.06. The molecule has 0 saturated carbocycles. The van der Waals surface area contributed by atoms with Gasteiger partial charge in [0.2, 0.25) is 0 Å². The molecule has 0 amide bonds. The molecule has 1 aromatic heterocycles. The molecule has 0 unspecified atom stereocenters. The Balaban J connectivity index is 2.98. The van der Waals surface area contributed by atoms with Crippen LogP contribution in [0, 0.1) is 13.8 Å². The molecular weight excluding hydrogens is 136 g/mol. The first-order valence-electron chi connectivity index (χ1n) is 2.58. The normalized spacial score (nSPS) is 9.67. The smallest absolute Gasteiger partial charge is 0.305 e. The van der Waals surface area contributed by atoms with Crippen molar-refractivity contribution >= 4 is 18.8 Å². The van der Waals surface area contributed by atoms with Crippen LogP contribution in [0.1, 0.15) is 11.5 Å². The minimum atomic E-state index is 0.452. The molecule has 0 atom stereocenters. The number of aryl methyl sites for hydroxylation is 2. The van der Waals surface area contributed by atoms with Gasteiger partial charge in [0, 0.05) is 0 Å². The molecule has 9 heavy (non-hydrogen) atoms. The van der Waals surface area contributed by atoms with Crippen molar-refractivity contribution in [3.63, 3.8) is 0 Å². The van der Waals surface area contributed by atoms with Crippen LogP contribution in [0.5, 0.6) is 0 Å². The molecule has 0 spiro atoms. The molecule has 4 heteroatoms. The minimum absolute atomic E-state index is 0.452. The SMILES string of the molecule is Cc1nc(NS)oc1C. The van der Waals surface area contributed by atoms with Crippen molar-refractivity contribution < 1.29 is 4.42 Å². The zero-order valence-electron chi connectivity index (χ0n) is 5.30. The lowest BCUT2D eigenvalue weighted by Gasteiger charge is -1.83. The fraction of sp³-hybridized carbons (Fsp3) is 0.400. The Morgan fingerprint density at radius 2 is 2.22 bits per heavy atom. The third-order valence-electron chi connectivity index (χ3n) is 1.12. The van der Waals surface area contributed by atoms with Crippen molar-refractivity contribution in [3.05, 3.63) is 11.5 Å². The summed E-state index contributed by atoms with van der Waals surface area (Å²) in [5.74, 6) is 0.826. The largest absolute Gasteiger partial charge is 0.428 e. The van der Waals surface area contributed by atoms with Crippen LogP contribution in [0.4, 0.5) is 6.01 Å². The van der Waals surface area contributed by atoms with Gasteiger partial charge in [0.05, 0.1) is 5.69 Å². The Morgan fingerprint density at radius 1 is 1.56 bits per heavy atom. The second kappa shape index (κ2) is 2.31. The van der Waals surface area contributed by atoms with Crippen molar-refractivity contribution in [1.82, 2.24) is 4.98 Å². The number of anilines is 1. The molecule has 50 valence electrons. The topological polar surface area (TPSA) is 38.1 Å². The lowest BCUT2D eigenvalue weighted by atomic mass is 10.4. The number of hydrogen-bond donors (Lipinski definition) is 2. The van der Waals surface area contributed by atoms with Gasteiger partial charge in [0.1, 0.15) is 5.76 Å². The number of hydrogen-bond acceptors (Lipinski definition) is 4. The highest BCUT2D eigenvalue weighted by Gasteiger charge is 2.01. The molecule has 1 aromatic rings. The van der Waals surface area contributed by atoms with E-state index in [1.165, 1.54) is 0 Å². The Hall–Kier alpha value is -0.640. The van der Waals surface area contributed by atoms with E-state index >= 15 is 0 Å². The fourth-order valence-corrected chi connectivity index (χ4v) is 0.616. The van der Waals surface area contributed by atoms with Gasteiger partial charge in [-0.2, -0.15) is 4.98 Å². The molecule has 0 aliphatic rings. The average molecular weight is 144 g/mol. The van der Waals surface area contributed by atoms with Crippen molar-refractivity contribution in [2.75, 3.05) is 4.72 Å². The summed E-state index contributed by atoms with van der Waals surface area (Å²) in [4.78, 5) is 3.97. The standard InChI is InChI=1S/C5H8N2OS/c1-3-4(2)8-5(6-3)7-9/h9H,1-2H3,(H,6,7). The molecule has 0 saturated heterocycles. The molecular formula is C5H8N2OS. The monoisotopic (exact) mass is 144 g/mol. The Bertz CT molecular complexity index is 189. The Kier molecular flexibility index (Phi) is 1.66. The number of rotatable bonds is 1. The van der Waals surface area contributed by atoms with Crippen molar-refractivity contribution in [2.24, 2.45) is 0 Å². The van der Waals surface area contributed by atoms with Gasteiger partial charge in [-0.25, -0.2) is 0 Å². The zero-order chi connectivity index (χ0) is 6.85. The molecule has 0 aliphatic carbocycles. The minimum Gasteiger partial charge on any atom is -0.428 e. The van der Waals surface area contributed by atoms with E-state index in [0.717, 1.165) is 11.5 Å². The van der Waals surface area contributed by atoms with Gasteiger partial charge < -0.3 is 4.42 Å². The van der Waals surface area contributed by atoms with Crippen LogP contribution >= 0.6 is 12.8 Å². The van der Waals surface area contributed by atoms with Crippen LogP contribution in [0.2, 0.25) is 0 Å². The maximum Gasteiger partial charge on any atom is 0.305 e. The fourth-order valence-electron chi connectivity index (χ4n) is 0.521. The number of aromatic nitrogens is 1. The van der Waals surface area contributed by atoms with E-state index in [0.29, 0.717) is 6.01 Å². The van der Waals surface area contributed by atoms with Gasteiger partial charge in [-0.3, -0.25) is 4.72 Å². The summed E-state index contributed by atoms with van der Waals surface area (Å²) < 4.78 is 7.57. The highest BCUT2D eigenvalue weighted by atomic mass is 32.1. The molecule has 1 N–H and O–H groups in total. The van der Waals surface area contributed by atoms with E-state index in [1.807, 2.05) is 13.8 Å². The highest BCUT2D eigenvalue weighted by molar-refractivity contribution is 7.81. The predicted octanol–water partition coefficient (Wildman–Crippen LogP) is 1.55. The number of nitrogens with one attached hydrogen (secondary N) is 1. The van der Waals surface area contributed by atoms with E-state index in [1.54, 1.807) is 0 Å². The van der Waals surface area contributed by atoms with Crippen LogP contribution < -0.4 is 4.72 Å². The van der Waals surface area contributed by atoms with Gasteiger partial charge >= 0.3 is 6.01 Å². The molecule has 3 nitrogen and oxygen atoms in total. The van der Waals surface area contributed by atoms with Crippen LogP contribution in [0.3, 0.4) is 0 Å². The van der Waals surface area contributed by atoms with Crippen LogP contribution in [0.25, 0.3) is 0 Å². The van der Waals surface area contributed by atoms with Crippen LogP contribution in [-0.2, 0) is 0 Å². The lowest BCUT2D eigenvalue weighted by molar-refractivity contribution is 0.546. The molecule has 0 aromatic carbocycles. The van der Waals surface area contributed by atoms with E-state index in [-0.39, 0.29) is 0 Å². The van der Waals surface area contributed by atoms with E-state index in [9.17, 15) is 0 Å². The van der Waals surface area contributed by atoms with Gasteiger partial charge in [-0.15, -0.1) is 0 Å². The highest BCUT2D eigenvalue weighted by Crippen LogP contribution is 2.12.